The summed E-state index contributed by atoms with van der Waals surface area (Å²) in [6, 6.07) is 0. The number of carbonyl (C=O) groups is 1. The largest absolute Gasteiger partial charge is 0.469 e. The van der Waals surface area contributed by atoms with Gasteiger partial charge in [0.15, 0.2) is 0 Å². The summed E-state index contributed by atoms with van der Waals surface area (Å²) in [5.41, 5.74) is 1.27. The second kappa shape index (κ2) is 4.96. The van der Waals surface area contributed by atoms with Crippen LogP contribution in [0.2, 0.25) is 0 Å². The molecule has 0 spiro atoms. The zero-order valence-corrected chi connectivity index (χ0v) is 9.62. The third kappa shape index (κ3) is 4.15. The van der Waals surface area contributed by atoms with E-state index in [2.05, 4.69) is 36.8 Å². The van der Waals surface area contributed by atoms with Crippen LogP contribution in [0.3, 0.4) is 0 Å². The minimum atomic E-state index is -0.156. The Morgan fingerprint density at radius 3 is 2.80 bits per heavy atom. The van der Waals surface area contributed by atoms with Crippen LogP contribution in [0.25, 0.3) is 0 Å². The molecule has 1 aliphatic rings. The first-order valence-electron chi connectivity index (χ1n) is 5.18. The second-order valence-electron chi connectivity index (χ2n) is 4.33. The number of allylic oxidation sites excluding steroid dienone is 6. The first-order chi connectivity index (χ1) is 7.03. The van der Waals surface area contributed by atoms with Gasteiger partial charge in [-0.3, -0.25) is 4.79 Å². The summed E-state index contributed by atoms with van der Waals surface area (Å²) in [4.78, 5) is 11.0. The number of methoxy groups -OCH3 is 1. The highest BCUT2D eigenvalue weighted by molar-refractivity contribution is 5.69. The van der Waals surface area contributed by atoms with Crippen molar-refractivity contribution in [2.75, 3.05) is 7.11 Å². The van der Waals surface area contributed by atoms with E-state index >= 15 is 0 Å². The van der Waals surface area contributed by atoms with Gasteiger partial charge in [-0.25, -0.2) is 0 Å². The molecule has 0 aliphatic heterocycles. The third-order valence-corrected chi connectivity index (χ3v) is 2.41. The maximum atomic E-state index is 11.0. The fourth-order valence-corrected chi connectivity index (χ4v) is 1.37. The van der Waals surface area contributed by atoms with Crippen LogP contribution in [0, 0.1) is 5.41 Å². The van der Waals surface area contributed by atoms with Crippen LogP contribution in [-0.2, 0) is 9.53 Å². The van der Waals surface area contributed by atoms with Gasteiger partial charge in [0.2, 0.25) is 0 Å². The molecule has 0 amide bonds. The quantitative estimate of drug-likeness (QED) is 0.663. The van der Waals surface area contributed by atoms with E-state index in [0.717, 1.165) is 6.42 Å². The molecular weight excluding hydrogens is 188 g/mol. The zero-order valence-electron chi connectivity index (χ0n) is 9.62. The normalized spacial score (nSPS) is 18.2. The molecule has 0 atom stereocenters. The molecule has 0 fully saturated rings. The van der Waals surface area contributed by atoms with E-state index in [1.54, 1.807) is 0 Å². The molecular formula is C13H18O2. The third-order valence-electron chi connectivity index (χ3n) is 2.41. The van der Waals surface area contributed by atoms with Crippen LogP contribution in [0.15, 0.2) is 36.0 Å². The predicted octanol–water partition coefficient (Wildman–Crippen LogP) is 3.02. The minimum Gasteiger partial charge on any atom is -0.469 e. The van der Waals surface area contributed by atoms with Crippen molar-refractivity contribution >= 4 is 5.97 Å². The van der Waals surface area contributed by atoms with E-state index in [0.29, 0.717) is 6.42 Å². The van der Waals surface area contributed by atoms with E-state index in [1.165, 1.54) is 12.7 Å². The average molecular weight is 206 g/mol. The van der Waals surface area contributed by atoms with Crippen LogP contribution >= 0.6 is 0 Å². The SMILES string of the molecule is COC(=O)CCC1=CC=CC(C)(C)C=C1. The van der Waals surface area contributed by atoms with E-state index < -0.39 is 0 Å². The molecule has 0 saturated carbocycles. The highest BCUT2D eigenvalue weighted by Gasteiger charge is 2.10. The molecule has 1 aliphatic carbocycles. The molecule has 0 aromatic rings. The summed E-state index contributed by atoms with van der Waals surface area (Å²) in [7, 11) is 1.42. The molecule has 2 nitrogen and oxygen atoms in total. The van der Waals surface area contributed by atoms with Crippen molar-refractivity contribution in [2.45, 2.75) is 26.7 Å². The second-order valence-corrected chi connectivity index (χ2v) is 4.33. The number of hydrogen-bond acceptors (Lipinski definition) is 2. The van der Waals surface area contributed by atoms with Crippen molar-refractivity contribution in [1.29, 1.82) is 0 Å². The van der Waals surface area contributed by atoms with Gasteiger partial charge in [0, 0.05) is 11.8 Å². The lowest BCUT2D eigenvalue weighted by Crippen LogP contribution is -2.01. The van der Waals surface area contributed by atoms with Gasteiger partial charge in [0.1, 0.15) is 0 Å². The van der Waals surface area contributed by atoms with Gasteiger partial charge in [0.25, 0.3) is 0 Å². The number of hydrogen-bond donors (Lipinski definition) is 0. The highest BCUT2D eigenvalue weighted by Crippen LogP contribution is 2.23. The molecule has 0 saturated heterocycles. The Hall–Kier alpha value is -1.31. The minimum absolute atomic E-state index is 0.101. The Morgan fingerprint density at radius 2 is 2.13 bits per heavy atom. The molecule has 0 aromatic carbocycles. The molecule has 0 unspecified atom stereocenters. The Morgan fingerprint density at radius 1 is 1.40 bits per heavy atom. The van der Waals surface area contributed by atoms with Crippen molar-refractivity contribution in [3.8, 4) is 0 Å². The number of carbonyl (C=O) groups excluding carboxylic acids is 1. The fourth-order valence-electron chi connectivity index (χ4n) is 1.37. The molecule has 0 radical (unpaired) electrons. The van der Waals surface area contributed by atoms with Gasteiger partial charge in [0.05, 0.1) is 7.11 Å². The van der Waals surface area contributed by atoms with Gasteiger partial charge in [-0.1, -0.05) is 44.2 Å². The molecule has 0 bridgehead atoms. The van der Waals surface area contributed by atoms with Crippen LogP contribution in [0.5, 0.6) is 0 Å². The molecule has 0 heterocycles. The summed E-state index contributed by atoms with van der Waals surface area (Å²) >= 11 is 0. The predicted molar refractivity (Wildman–Crippen MR) is 61.4 cm³/mol. The molecule has 1 rings (SSSR count). The Labute approximate surface area is 91.3 Å². The maximum Gasteiger partial charge on any atom is 0.305 e. The summed E-state index contributed by atoms with van der Waals surface area (Å²) in [6.45, 7) is 4.30. The summed E-state index contributed by atoms with van der Waals surface area (Å²) in [6.07, 6.45) is 11.7. The monoisotopic (exact) mass is 206 g/mol. The van der Waals surface area contributed by atoms with Crippen molar-refractivity contribution in [3.63, 3.8) is 0 Å². The molecule has 82 valence electrons. The van der Waals surface area contributed by atoms with Crippen molar-refractivity contribution in [1.82, 2.24) is 0 Å². The topological polar surface area (TPSA) is 26.3 Å². The summed E-state index contributed by atoms with van der Waals surface area (Å²) in [5, 5.41) is 0. The average Bonchev–Trinajstić information content (AvgIpc) is 2.36. The molecule has 2 heteroatoms. The van der Waals surface area contributed by atoms with Gasteiger partial charge >= 0.3 is 5.97 Å². The first kappa shape index (κ1) is 11.8. The summed E-state index contributed by atoms with van der Waals surface area (Å²) < 4.78 is 4.61. The standard InChI is InChI=1S/C13H18O2/c1-13(2)9-4-5-11(8-10-13)6-7-12(14)15-3/h4-5,8-10H,6-7H2,1-3H3. The van der Waals surface area contributed by atoms with Gasteiger partial charge < -0.3 is 4.74 Å². The fraction of sp³-hybridized carbons (Fsp3) is 0.462. The lowest BCUT2D eigenvalue weighted by atomic mass is 9.93. The summed E-state index contributed by atoms with van der Waals surface area (Å²) in [5.74, 6) is -0.156. The van der Waals surface area contributed by atoms with Crippen molar-refractivity contribution < 1.29 is 9.53 Å². The van der Waals surface area contributed by atoms with Crippen LogP contribution in [0.4, 0.5) is 0 Å². The van der Waals surface area contributed by atoms with Crippen LogP contribution in [-0.4, -0.2) is 13.1 Å². The Balaban J connectivity index is 2.55. The molecule has 0 aromatic heterocycles. The van der Waals surface area contributed by atoms with Gasteiger partial charge in [-0.2, -0.15) is 0 Å². The number of ether oxygens (including phenoxy) is 1. The molecule has 15 heavy (non-hydrogen) atoms. The van der Waals surface area contributed by atoms with Crippen molar-refractivity contribution in [2.24, 2.45) is 5.41 Å². The smallest absolute Gasteiger partial charge is 0.305 e. The Bertz CT molecular complexity index is 319. The van der Waals surface area contributed by atoms with Gasteiger partial charge in [-0.15, -0.1) is 0 Å². The highest BCUT2D eigenvalue weighted by atomic mass is 16.5. The lowest BCUT2D eigenvalue weighted by molar-refractivity contribution is -0.140. The number of rotatable bonds is 3. The lowest BCUT2D eigenvalue weighted by Gasteiger charge is -2.12. The van der Waals surface area contributed by atoms with Gasteiger partial charge in [-0.05, 0) is 12.0 Å². The van der Waals surface area contributed by atoms with Crippen LogP contribution < -0.4 is 0 Å². The van der Waals surface area contributed by atoms with E-state index in [-0.39, 0.29) is 11.4 Å². The van der Waals surface area contributed by atoms with E-state index in [1.807, 2.05) is 12.2 Å². The van der Waals surface area contributed by atoms with E-state index in [4.69, 9.17) is 0 Å². The maximum absolute atomic E-state index is 11.0. The van der Waals surface area contributed by atoms with Crippen molar-refractivity contribution in [3.05, 3.63) is 36.0 Å². The van der Waals surface area contributed by atoms with E-state index in [9.17, 15) is 4.79 Å². The number of esters is 1. The Kier molecular flexibility index (Phi) is 3.89. The molecule has 0 N–H and O–H groups in total. The first-order valence-corrected chi connectivity index (χ1v) is 5.18. The van der Waals surface area contributed by atoms with Crippen LogP contribution in [0.1, 0.15) is 26.7 Å². The zero-order chi connectivity index (χ0) is 11.3.